The van der Waals surface area contributed by atoms with Gasteiger partial charge in [-0.05, 0) is 36.5 Å². The lowest BCUT2D eigenvalue weighted by atomic mass is 9.89. The van der Waals surface area contributed by atoms with Crippen molar-refractivity contribution < 1.29 is 23.0 Å². The highest BCUT2D eigenvalue weighted by Gasteiger charge is 2.45. The first-order valence-electron chi connectivity index (χ1n) is 8.40. The summed E-state index contributed by atoms with van der Waals surface area (Å²) in [6.07, 6.45) is 1.74. The first-order valence-corrected chi connectivity index (χ1v) is 9.88. The van der Waals surface area contributed by atoms with E-state index in [9.17, 15) is 13.5 Å². The normalized spacial score (nSPS) is 16.7. The average molecular weight is 377 g/mol. The Kier molecular flexibility index (Phi) is 5.22. The van der Waals surface area contributed by atoms with Crippen LogP contribution in [0.3, 0.4) is 0 Å². The summed E-state index contributed by atoms with van der Waals surface area (Å²) >= 11 is 0. The number of methoxy groups -OCH3 is 2. The van der Waals surface area contributed by atoms with Crippen molar-refractivity contribution in [1.29, 1.82) is 0 Å². The molecule has 1 unspecified atom stereocenters. The van der Waals surface area contributed by atoms with E-state index in [1.54, 1.807) is 6.07 Å². The second-order valence-electron chi connectivity index (χ2n) is 6.41. The molecule has 2 aromatic carbocycles. The lowest BCUT2D eigenvalue weighted by molar-refractivity contribution is 0.0185. The molecule has 0 amide bonds. The molecule has 0 bridgehead atoms. The molecule has 1 aliphatic rings. The zero-order chi connectivity index (χ0) is 18.8. The van der Waals surface area contributed by atoms with Crippen LogP contribution < -0.4 is 14.2 Å². The Morgan fingerprint density at radius 3 is 2.38 bits per heavy atom. The molecule has 2 N–H and O–H groups in total. The number of hydrogen-bond acceptors (Lipinski definition) is 5. The molecule has 1 atom stereocenters. The van der Waals surface area contributed by atoms with E-state index in [1.807, 2.05) is 30.3 Å². The summed E-state index contributed by atoms with van der Waals surface area (Å²) in [4.78, 5) is -0.0226. The molecule has 0 heterocycles. The minimum absolute atomic E-state index is 0.0226. The van der Waals surface area contributed by atoms with Crippen LogP contribution in [0.15, 0.2) is 53.4 Å². The molecule has 0 aromatic heterocycles. The van der Waals surface area contributed by atoms with E-state index < -0.39 is 15.6 Å². The maximum absolute atomic E-state index is 12.8. The fraction of sp³-hybridized carbons (Fsp3) is 0.368. The van der Waals surface area contributed by atoms with Crippen LogP contribution in [-0.4, -0.2) is 34.3 Å². The van der Waals surface area contributed by atoms with Gasteiger partial charge in [-0.2, -0.15) is 0 Å². The maximum atomic E-state index is 12.8. The van der Waals surface area contributed by atoms with Gasteiger partial charge in [-0.25, -0.2) is 13.1 Å². The molecule has 0 saturated heterocycles. The van der Waals surface area contributed by atoms with E-state index in [4.69, 9.17) is 9.47 Å². The van der Waals surface area contributed by atoms with Crippen LogP contribution in [0.25, 0.3) is 0 Å². The fourth-order valence-electron chi connectivity index (χ4n) is 3.05. The molecule has 3 rings (SSSR count). The number of hydrogen-bond donors (Lipinski definition) is 2. The van der Waals surface area contributed by atoms with Crippen molar-refractivity contribution in [2.75, 3.05) is 20.8 Å². The fourth-order valence-corrected chi connectivity index (χ4v) is 4.30. The molecule has 2 aromatic rings. The molecule has 1 fully saturated rings. The summed E-state index contributed by atoms with van der Waals surface area (Å²) in [5.41, 5.74) is -0.525. The molecule has 0 aliphatic heterocycles. The van der Waals surface area contributed by atoms with E-state index >= 15 is 0 Å². The summed E-state index contributed by atoms with van der Waals surface area (Å²) in [5, 5.41) is 11.2. The summed E-state index contributed by atoms with van der Waals surface area (Å²) in [7, 11) is -1.02. The largest absolute Gasteiger partial charge is 0.497 e. The molecule has 0 spiro atoms. The molecule has 0 radical (unpaired) electrons. The predicted octanol–water partition coefficient (Wildman–Crippen LogP) is 2.28. The Bertz CT molecular complexity index is 865. The van der Waals surface area contributed by atoms with Crippen molar-refractivity contribution >= 4 is 10.0 Å². The highest BCUT2D eigenvalue weighted by Crippen LogP contribution is 2.45. The van der Waals surface area contributed by atoms with Gasteiger partial charge in [-0.3, -0.25) is 0 Å². The van der Waals surface area contributed by atoms with Crippen molar-refractivity contribution in [3.05, 3.63) is 54.1 Å². The molecular weight excluding hydrogens is 354 g/mol. The number of aliphatic hydroxyl groups is 1. The van der Waals surface area contributed by atoms with Gasteiger partial charge in [0.05, 0.1) is 14.2 Å². The molecular formula is C19H23NO5S. The smallest absolute Gasteiger partial charge is 0.244 e. The average Bonchev–Trinajstić information content (AvgIpc) is 3.52. The van der Waals surface area contributed by atoms with Crippen LogP contribution >= 0.6 is 0 Å². The number of benzene rings is 2. The molecule has 6 nitrogen and oxygen atoms in total. The van der Waals surface area contributed by atoms with Crippen LogP contribution in [0, 0.1) is 5.92 Å². The Balaban J connectivity index is 1.88. The van der Waals surface area contributed by atoms with Gasteiger partial charge in [0.25, 0.3) is 0 Å². The maximum Gasteiger partial charge on any atom is 0.244 e. The topological polar surface area (TPSA) is 84.9 Å². The minimum atomic E-state index is -3.90. The van der Waals surface area contributed by atoms with Gasteiger partial charge in [-0.1, -0.05) is 30.3 Å². The van der Waals surface area contributed by atoms with Crippen molar-refractivity contribution in [3.63, 3.8) is 0 Å². The summed E-state index contributed by atoms with van der Waals surface area (Å²) in [5.74, 6) is 0.666. The van der Waals surface area contributed by atoms with Crippen molar-refractivity contribution in [2.45, 2.75) is 23.3 Å². The number of nitrogens with one attached hydrogen (secondary N) is 1. The van der Waals surface area contributed by atoms with Gasteiger partial charge >= 0.3 is 0 Å². The van der Waals surface area contributed by atoms with E-state index in [0.717, 1.165) is 12.8 Å². The quantitative estimate of drug-likeness (QED) is 0.737. The highest BCUT2D eigenvalue weighted by molar-refractivity contribution is 7.89. The van der Waals surface area contributed by atoms with Crippen molar-refractivity contribution in [1.82, 2.24) is 4.72 Å². The molecule has 26 heavy (non-hydrogen) atoms. The van der Waals surface area contributed by atoms with Crippen LogP contribution in [0.2, 0.25) is 0 Å². The summed E-state index contributed by atoms with van der Waals surface area (Å²) in [6, 6.07) is 13.7. The van der Waals surface area contributed by atoms with Gasteiger partial charge in [0.15, 0.2) is 0 Å². The number of ether oxygens (including phenoxy) is 2. The third-order valence-corrected chi connectivity index (χ3v) is 6.14. The van der Waals surface area contributed by atoms with Gasteiger partial charge in [-0.15, -0.1) is 0 Å². The van der Waals surface area contributed by atoms with Gasteiger partial charge < -0.3 is 14.6 Å². The van der Waals surface area contributed by atoms with E-state index in [1.165, 1.54) is 26.4 Å². The Morgan fingerprint density at radius 2 is 1.81 bits per heavy atom. The monoisotopic (exact) mass is 377 g/mol. The Hall–Kier alpha value is -2.09. The zero-order valence-corrected chi connectivity index (χ0v) is 15.6. The zero-order valence-electron chi connectivity index (χ0n) is 14.8. The van der Waals surface area contributed by atoms with Crippen LogP contribution in [-0.2, 0) is 15.6 Å². The second-order valence-corrected chi connectivity index (χ2v) is 8.14. The summed E-state index contributed by atoms with van der Waals surface area (Å²) in [6.45, 7) is -0.107. The van der Waals surface area contributed by atoms with Crippen molar-refractivity contribution in [2.24, 2.45) is 5.92 Å². The number of sulfonamides is 1. The van der Waals surface area contributed by atoms with E-state index in [-0.39, 0.29) is 23.1 Å². The second kappa shape index (κ2) is 7.26. The third kappa shape index (κ3) is 3.70. The first kappa shape index (κ1) is 18.7. The molecule has 1 saturated carbocycles. The minimum Gasteiger partial charge on any atom is -0.497 e. The van der Waals surface area contributed by atoms with Crippen LogP contribution in [0.4, 0.5) is 0 Å². The lowest BCUT2D eigenvalue weighted by Gasteiger charge is -2.29. The Labute approximate surface area is 153 Å². The standard InChI is InChI=1S/C19H23NO5S/c1-24-16-10-11-17(25-2)18(12-16)26(22,23)20-13-19(21,15-8-9-15)14-6-4-3-5-7-14/h3-7,10-12,15,20-21H,8-9,13H2,1-2H3. The molecule has 1 aliphatic carbocycles. The van der Waals surface area contributed by atoms with Crippen LogP contribution in [0.1, 0.15) is 18.4 Å². The SMILES string of the molecule is COc1ccc(OC)c(S(=O)(=O)NCC(O)(c2ccccc2)C2CC2)c1. The Morgan fingerprint density at radius 1 is 1.12 bits per heavy atom. The van der Waals surface area contributed by atoms with Gasteiger partial charge in [0, 0.05) is 12.6 Å². The lowest BCUT2D eigenvalue weighted by Crippen LogP contribution is -2.42. The third-order valence-electron chi connectivity index (χ3n) is 4.72. The van der Waals surface area contributed by atoms with Gasteiger partial charge in [0.2, 0.25) is 10.0 Å². The molecule has 140 valence electrons. The first-order chi connectivity index (χ1) is 12.4. The van der Waals surface area contributed by atoms with Crippen molar-refractivity contribution in [3.8, 4) is 11.5 Å². The highest BCUT2D eigenvalue weighted by atomic mass is 32.2. The van der Waals surface area contributed by atoms with E-state index in [2.05, 4.69) is 4.72 Å². The van der Waals surface area contributed by atoms with Gasteiger partial charge in [0.1, 0.15) is 22.0 Å². The van der Waals surface area contributed by atoms with E-state index in [0.29, 0.717) is 11.3 Å². The summed E-state index contributed by atoms with van der Waals surface area (Å²) < 4.78 is 38.5. The number of rotatable bonds is 8. The molecule has 7 heteroatoms. The predicted molar refractivity (Wildman–Crippen MR) is 97.8 cm³/mol. The van der Waals surface area contributed by atoms with Crippen LogP contribution in [0.5, 0.6) is 11.5 Å².